The second-order valence-corrected chi connectivity index (χ2v) is 7.63. The van der Waals surface area contributed by atoms with Gasteiger partial charge in [-0.3, -0.25) is 14.4 Å². The number of nitrogens with zero attached hydrogens (tertiary/aromatic N) is 2. The van der Waals surface area contributed by atoms with Gasteiger partial charge in [-0.2, -0.15) is 0 Å². The lowest BCUT2D eigenvalue weighted by Crippen LogP contribution is -2.47. The van der Waals surface area contributed by atoms with Crippen LogP contribution in [-0.2, 0) is 30.3 Å². The van der Waals surface area contributed by atoms with E-state index in [-0.39, 0.29) is 30.2 Å². The van der Waals surface area contributed by atoms with E-state index in [1.807, 2.05) is 18.2 Å². The van der Waals surface area contributed by atoms with Crippen LogP contribution in [0.25, 0.3) is 0 Å². The number of likely N-dealkylation sites (tertiary alicyclic amines) is 1. The van der Waals surface area contributed by atoms with Gasteiger partial charge in [0.05, 0.1) is 25.7 Å². The molecule has 1 aliphatic heterocycles. The molecule has 1 saturated heterocycles. The van der Waals surface area contributed by atoms with Gasteiger partial charge >= 0.3 is 5.97 Å². The number of rotatable bonds is 11. The van der Waals surface area contributed by atoms with Crippen LogP contribution in [0.2, 0.25) is 0 Å². The predicted molar refractivity (Wildman–Crippen MR) is 114 cm³/mol. The van der Waals surface area contributed by atoms with Crippen molar-refractivity contribution in [2.75, 3.05) is 46.5 Å². The fourth-order valence-electron chi connectivity index (χ4n) is 3.50. The first-order valence-corrected chi connectivity index (χ1v) is 10.8. The highest BCUT2D eigenvalue weighted by molar-refractivity contribution is 5.85. The van der Waals surface area contributed by atoms with Crippen molar-refractivity contribution in [2.24, 2.45) is 5.92 Å². The zero-order valence-electron chi connectivity index (χ0n) is 18.2. The Hall–Kier alpha value is -2.41. The van der Waals surface area contributed by atoms with Gasteiger partial charge in [-0.1, -0.05) is 30.3 Å². The molecule has 7 nitrogen and oxygen atoms in total. The molecule has 1 atom stereocenters. The predicted octanol–water partition coefficient (Wildman–Crippen LogP) is 2.29. The first kappa shape index (κ1) is 23.9. The summed E-state index contributed by atoms with van der Waals surface area (Å²) in [5.41, 5.74) is 1.23. The summed E-state index contributed by atoms with van der Waals surface area (Å²) in [6.07, 6.45) is 3.34. The van der Waals surface area contributed by atoms with E-state index in [1.165, 1.54) is 10.5 Å². The molecule has 7 heteroatoms. The summed E-state index contributed by atoms with van der Waals surface area (Å²) in [6.45, 7) is 4.29. The SMILES string of the molecule is CCOC(=O)C1CCCN(C(=O)CN(C)C(=O)CCCOCCc2ccccc2)C1. The molecule has 2 rings (SSSR count). The van der Waals surface area contributed by atoms with Gasteiger partial charge in [0.2, 0.25) is 11.8 Å². The Morgan fingerprint density at radius 3 is 2.67 bits per heavy atom. The Kier molecular flexibility index (Phi) is 10.3. The summed E-state index contributed by atoms with van der Waals surface area (Å²) >= 11 is 0. The quantitative estimate of drug-likeness (QED) is 0.407. The van der Waals surface area contributed by atoms with Crippen molar-refractivity contribution >= 4 is 17.8 Å². The number of piperidine rings is 1. The molecule has 0 radical (unpaired) electrons. The minimum Gasteiger partial charge on any atom is -0.466 e. The zero-order chi connectivity index (χ0) is 21.8. The highest BCUT2D eigenvalue weighted by Crippen LogP contribution is 2.18. The highest BCUT2D eigenvalue weighted by atomic mass is 16.5. The van der Waals surface area contributed by atoms with E-state index in [9.17, 15) is 14.4 Å². The van der Waals surface area contributed by atoms with Crippen LogP contribution >= 0.6 is 0 Å². The van der Waals surface area contributed by atoms with Gasteiger partial charge in [0.25, 0.3) is 0 Å². The van der Waals surface area contributed by atoms with Gasteiger partial charge in [0.1, 0.15) is 0 Å². The van der Waals surface area contributed by atoms with E-state index in [4.69, 9.17) is 9.47 Å². The number of hydrogen-bond acceptors (Lipinski definition) is 5. The topological polar surface area (TPSA) is 76.2 Å². The molecule has 1 unspecified atom stereocenters. The Balaban J connectivity index is 1.62. The average Bonchev–Trinajstić information content (AvgIpc) is 2.76. The number of amides is 2. The maximum Gasteiger partial charge on any atom is 0.310 e. The van der Waals surface area contributed by atoms with Gasteiger partial charge in [0, 0.05) is 33.2 Å². The minimum atomic E-state index is -0.267. The maximum absolute atomic E-state index is 12.5. The van der Waals surface area contributed by atoms with Crippen molar-refractivity contribution in [3.63, 3.8) is 0 Å². The first-order chi connectivity index (χ1) is 14.5. The van der Waals surface area contributed by atoms with Crippen LogP contribution < -0.4 is 0 Å². The van der Waals surface area contributed by atoms with Crippen LogP contribution in [0.4, 0.5) is 0 Å². The number of likely N-dealkylation sites (N-methyl/N-ethyl adjacent to an activating group) is 1. The third-order valence-electron chi connectivity index (χ3n) is 5.25. The van der Waals surface area contributed by atoms with E-state index in [1.54, 1.807) is 18.9 Å². The lowest BCUT2D eigenvalue weighted by molar-refractivity contribution is -0.152. The molecule has 0 N–H and O–H groups in total. The molecule has 30 heavy (non-hydrogen) atoms. The van der Waals surface area contributed by atoms with E-state index in [0.29, 0.717) is 45.8 Å². The third kappa shape index (κ3) is 8.14. The molecule has 166 valence electrons. The lowest BCUT2D eigenvalue weighted by atomic mass is 9.98. The molecule has 1 aromatic rings. The highest BCUT2D eigenvalue weighted by Gasteiger charge is 2.30. The fourth-order valence-corrected chi connectivity index (χ4v) is 3.50. The van der Waals surface area contributed by atoms with Crippen molar-refractivity contribution in [1.82, 2.24) is 9.80 Å². The molecule has 2 amide bonds. The third-order valence-corrected chi connectivity index (χ3v) is 5.25. The molecule has 0 saturated carbocycles. The van der Waals surface area contributed by atoms with Gasteiger partial charge in [-0.05, 0) is 38.2 Å². The zero-order valence-corrected chi connectivity index (χ0v) is 18.2. The van der Waals surface area contributed by atoms with Gasteiger partial charge < -0.3 is 19.3 Å². The molecule has 1 heterocycles. The summed E-state index contributed by atoms with van der Waals surface area (Å²) in [5, 5.41) is 0. The Labute approximate surface area is 179 Å². The lowest BCUT2D eigenvalue weighted by Gasteiger charge is -2.32. The number of ether oxygens (including phenoxy) is 2. The van der Waals surface area contributed by atoms with Crippen LogP contribution in [0.15, 0.2) is 30.3 Å². The Morgan fingerprint density at radius 2 is 1.93 bits per heavy atom. The Morgan fingerprint density at radius 1 is 1.17 bits per heavy atom. The first-order valence-electron chi connectivity index (χ1n) is 10.8. The second-order valence-electron chi connectivity index (χ2n) is 7.63. The molecule has 1 aromatic carbocycles. The van der Waals surface area contributed by atoms with Crippen LogP contribution in [-0.4, -0.2) is 74.1 Å². The summed E-state index contributed by atoms with van der Waals surface area (Å²) in [7, 11) is 1.64. The molecular formula is C23H34N2O5. The van der Waals surface area contributed by atoms with Crippen LogP contribution in [0, 0.1) is 5.92 Å². The summed E-state index contributed by atoms with van der Waals surface area (Å²) in [4.78, 5) is 39.9. The maximum atomic E-state index is 12.5. The second kappa shape index (κ2) is 13.0. The van der Waals surface area contributed by atoms with E-state index >= 15 is 0 Å². The minimum absolute atomic E-state index is 0.0310. The van der Waals surface area contributed by atoms with E-state index in [0.717, 1.165) is 19.3 Å². The molecule has 1 aliphatic rings. The molecule has 0 aliphatic carbocycles. The number of hydrogen-bond donors (Lipinski definition) is 0. The number of carbonyl (C=O) groups excluding carboxylic acids is 3. The number of carbonyl (C=O) groups is 3. The molecular weight excluding hydrogens is 384 g/mol. The largest absolute Gasteiger partial charge is 0.466 e. The van der Waals surface area contributed by atoms with Gasteiger partial charge in [0.15, 0.2) is 0 Å². The fraction of sp³-hybridized carbons (Fsp3) is 0.609. The summed E-state index contributed by atoms with van der Waals surface area (Å²) < 4.78 is 10.7. The van der Waals surface area contributed by atoms with Crippen LogP contribution in [0.1, 0.15) is 38.2 Å². The molecule has 0 spiro atoms. The molecule has 0 aromatic heterocycles. The molecule has 1 fully saturated rings. The van der Waals surface area contributed by atoms with Gasteiger partial charge in [-0.25, -0.2) is 0 Å². The van der Waals surface area contributed by atoms with Gasteiger partial charge in [-0.15, -0.1) is 0 Å². The number of benzene rings is 1. The standard InChI is InChI=1S/C23H34N2O5/c1-3-30-23(28)20-11-7-14-25(17-20)22(27)18-24(2)21(26)12-8-15-29-16-13-19-9-5-4-6-10-19/h4-6,9-10,20H,3,7-8,11-18H2,1-2H3. The van der Waals surface area contributed by atoms with E-state index in [2.05, 4.69) is 12.1 Å². The van der Waals surface area contributed by atoms with Crippen molar-refractivity contribution in [3.8, 4) is 0 Å². The smallest absolute Gasteiger partial charge is 0.310 e. The van der Waals surface area contributed by atoms with E-state index < -0.39 is 0 Å². The Bertz CT molecular complexity index is 679. The van der Waals surface area contributed by atoms with Crippen molar-refractivity contribution in [3.05, 3.63) is 35.9 Å². The normalized spacial score (nSPS) is 16.2. The van der Waals surface area contributed by atoms with Crippen LogP contribution in [0.3, 0.4) is 0 Å². The van der Waals surface area contributed by atoms with Crippen molar-refractivity contribution in [2.45, 2.75) is 39.0 Å². The summed E-state index contributed by atoms with van der Waals surface area (Å²) in [6, 6.07) is 10.1. The average molecular weight is 419 g/mol. The van der Waals surface area contributed by atoms with Crippen LogP contribution in [0.5, 0.6) is 0 Å². The molecule has 0 bridgehead atoms. The monoisotopic (exact) mass is 418 g/mol. The summed E-state index contributed by atoms with van der Waals surface area (Å²) in [5.74, 6) is -0.712. The number of esters is 1. The van der Waals surface area contributed by atoms with Crippen molar-refractivity contribution in [1.29, 1.82) is 0 Å². The van der Waals surface area contributed by atoms with Crippen molar-refractivity contribution < 1.29 is 23.9 Å².